The molecule has 3 N–H and O–H groups in total. The number of carbonyl (C=O) groups is 3. The van der Waals surface area contributed by atoms with Crippen LogP contribution in [0.2, 0.25) is 0 Å². The maximum Gasteiger partial charge on any atom is 0.362 e. The number of rotatable bonds is 10. The second kappa shape index (κ2) is 15.2. The van der Waals surface area contributed by atoms with Crippen LogP contribution in [0, 0.1) is 0 Å². The van der Waals surface area contributed by atoms with E-state index in [4.69, 9.17) is 9.94 Å². The van der Waals surface area contributed by atoms with E-state index in [1.807, 2.05) is 0 Å². The van der Waals surface area contributed by atoms with E-state index >= 15 is 0 Å². The monoisotopic (exact) mass is 469 g/mol. The van der Waals surface area contributed by atoms with Gasteiger partial charge in [0.2, 0.25) is 5.71 Å². The van der Waals surface area contributed by atoms with E-state index in [0.717, 1.165) is 6.21 Å². The number of ether oxygens (including phenoxy) is 2. The number of carbonyl (C=O) groups excluding carboxylic acids is 3. The van der Waals surface area contributed by atoms with Gasteiger partial charge in [-0.15, -0.1) is 0 Å². The molecule has 0 saturated heterocycles. The van der Waals surface area contributed by atoms with Crippen molar-refractivity contribution >= 4 is 70.3 Å². The number of hydrogen-bond donors (Lipinski definition) is 3. The highest BCUT2D eigenvalue weighted by molar-refractivity contribution is 7.04. The van der Waals surface area contributed by atoms with E-state index in [1.165, 1.54) is 29.3 Å². The Morgan fingerprint density at radius 2 is 1.48 bits per heavy atom. The fourth-order valence-corrected chi connectivity index (χ4v) is 2.41. The Morgan fingerprint density at radius 3 is 1.87 bits per heavy atom. The van der Waals surface area contributed by atoms with Crippen molar-refractivity contribution in [3.05, 3.63) is 23.2 Å². The van der Waals surface area contributed by atoms with Crippen LogP contribution in [0.1, 0.15) is 13.8 Å². The molecule has 0 aliphatic rings. The fraction of sp³-hybridized carbons (Fsp3) is 0.250. The van der Waals surface area contributed by atoms with E-state index in [2.05, 4.69) is 39.7 Å². The van der Waals surface area contributed by atoms with Crippen LogP contribution in [0.4, 0.5) is 11.4 Å². The molecule has 2 rings (SSSR count). The van der Waals surface area contributed by atoms with Crippen molar-refractivity contribution in [2.45, 2.75) is 13.8 Å². The summed E-state index contributed by atoms with van der Waals surface area (Å²) in [7, 11) is 0. The Hall–Kier alpha value is -3.72. The lowest BCUT2D eigenvalue weighted by atomic mass is 10.4. The molecule has 0 aromatic carbocycles. The average Bonchev–Trinajstić information content (AvgIpc) is 3.46. The third-order valence-electron chi connectivity index (χ3n) is 2.74. The predicted molar refractivity (Wildman–Crippen MR) is 116 cm³/mol. The minimum Gasteiger partial charge on any atom is -0.461 e. The first-order valence-electron chi connectivity index (χ1n) is 8.48. The van der Waals surface area contributed by atoms with Crippen molar-refractivity contribution in [2.75, 3.05) is 24.1 Å². The third-order valence-corrected chi connectivity index (χ3v) is 3.91. The molecule has 0 bridgehead atoms. The van der Waals surface area contributed by atoms with Crippen LogP contribution < -0.4 is 10.9 Å². The van der Waals surface area contributed by atoms with Crippen LogP contribution >= 0.6 is 23.1 Å². The van der Waals surface area contributed by atoms with Crippen LogP contribution in [0.5, 0.6) is 0 Å². The first kappa shape index (κ1) is 25.3. The topological polar surface area (TPSA) is 177 Å². The molecule has 2 aromatic heterocycles. The quantitative estimate of drug-likeness (QED) is 0.116. The first-order valence-corrected chi connectivity index (χ1v) is 10.2. The number of anilines is 2. The molecule has 0 radical (unpaired) electrons. The van der Waals surface area contributed by atoms with E-state index in [1.54, 1.807) is 30.8 Å². The van der Waals surface area contributed by atoms with E-state index in [-0.39, 0.29) is 24.6 Å². The van der Waals surface area contributed by atoms with Crippen LogP contribution in [-0.4, -0.2) is 63.0 Å². The average molecular weight is 470 g/mol. The molecule has 13 nitrogen and oxygen atoms in total. The van der Waals surface area contributed by atoms with Gasteiger partial charge < -0.3 is 14.7 Å². The smallest absolute Gasteiger partial charge is 0.362 e. The standard InChI is InChI=1S/C8H10N4O3S.C8H9N3O3S/c1-2-15-8(13)7(4-9-14)12-11-6-3-10-16-5-6;1-2-14-8(13)7(4-12)11-10-6-3-9-15-5-6/h3-5,11,14H,2H2,1H3;3-5,10H,2H2,1H3/b9-4+,12-7+;11-7+. The van der Waals surface area contributed by atoms with Gasteiger partial charge in [-0.25, -0.2) is 9.59 Å². The van der Waals surface area contributed by atoms with Crippen molar-refractivity contribution in [3.8, 4) is 0 Å². The molecule has 15 heteroatoms. The van der Waals surface area contributed by atoms with Crippen LogP contribution in [-0.2, 0) is 23.9 Å². The number of nitrogens with zero attached hydrogens (tertiary/aromatic N) is 5. The molecule has 0 amide bonds. The lowest BCUT2D eigenvalue weighted by Crippen LogP contribution is -2.20. The molecule has 166 valence electrons. The number of oxime groups is 1. The summed E-state index contributed by atoms with van der Waals surface area (Å²) in [6, 6.07) is 0. The Kier molecular flexibility index (Phi) is 12.4. The van der Waals surface area contributed by atoms with Gasteiger partial charge in [0.25, 0.3) is 0 Å². The zero-order valence-corrected chi connectivity index (χ0v) is 18.1. The molecule has 2 heterocycles. The molecule has 31 heavy (non-hydrogen) atoms. The Balaban J connectivity index is 0.000000311. The van der Waals surface area contributed by atoms with Gasteiger partial charge in [0.05, 0.1) is 37.0 Å². The van der Waals surface area contributed by atoms with Crippen LogP contribution in [0.15, 0.2) is 38.5 Å². The first-order chi connectivity index (χ1) is 15.0. The fourth-order valence-electron chi connectivity index (χ4n) is 1.48. The summed E-state index contributed by atoms with van der Waals surface area (Å²) in [6.07, 6.45) is 4.31. The normalized spacial score (nSPS) is 11.3. The highest BCUT2D eigenvalue weighted by Gasteiger charge is 2.11. The molecule has 0 aliphatic carbocycles. The summed E-state index contributed by atoms with van der Waals surface area (Å²) in [6.45, 7) is 3.74. The largest absolute Gasteiger partial charge is 0.461 e. The van der Waals surface area contributed by atoms with Crippen molar-refractivity contribution in [2.24, 2.45) is 15.4 Å². The number of hydrogen-bond acceptors (Lipinski definition) is 15. The zero-order valence-electron chi connectivity index (χ0n) is 16.4. The van der Waals surface area contributed by atoms with E-state index in [0.29, 0.717) is 17.7 Å². The summed E-state index contributed by atoms with van der Waals surface area (Å²) in [5.74, 6) is -1.42. The Morgan fingerprint density at radius 1 is 1.00 bits per heavy atom. The summed E-state index contributed by atoms with van der Waals surface area (Å²) in [4.78, 5) is 32.9. The van der Waals surface area contributed by atoms with Gasteiger partial charge in [-0.2, -0.15) is 18.9 Å². The highest BCUT2D eigenvalue weighted by Crippen LogP contribution is 2.08. The second-order valence-corrected chi connectivity index (χ2v) is 6.16. The van der Waals surface area contributed by atoms with Crippen LogP contribution in [0.25, 0.3) is 0 Å². The van der Waals surface area contributed by atoms with Crippen molar-refractivity contribution in [1.29, 1.82) is 0 Å². The Bertz CT molecular complexity index is 898. The number of hydrazone groups is 2. The van der Waals surface area contributed by atoms with Gasteiger partial charge in [0.15, 0.2) is 12.0 Å². The zero-order chi connectivity index (χ0) is 22.9. The molecular formula is C16H19N7O6S2. The van der Waals surface area contributed by atoms with Crippen LogP contribution in [0.3, 0.4) is 0 Å². The van der Waals surface area contributed by atoms with Gasteiger partial charge in [-0.1, -0.05) is 5.16 Å². The Labute approximate surface area is 184 Å². The number of nitrogens with one attached hydrogen (secondary N) is 2. The second-order valence-electron chi connectivity index (χ2n) is 4.85. The van der Waals surface area contributed by atoms with Gasteiger partial charge >= 0.3 is 11.9 Å². The number of aldehydes is 1. The summed E-state index contributed by atoms with van der Waals surface area (Å²) in [5.41, 5.74) is 5.92. The van der Waals surface area contributed by atoms with Gasteiger partial charge in [-0.3, -0.25) is 15.6 Å². The minimum atomic E-state index is -0.747. The minimum absolute atomic E-state index is 0.129. The summed E-state index contributed by atoms with van der Waals surface area (Å²) >= 11 is 2.47. The van der Waals surface area contributed by atoms with Gasteiger partial charge in [-0.05, 0) is 36.9 Å². The molecule has 0 saturated carbocycles. The predicted octanol–water partition coefficient (Wildman–Crippen LogP) is 1.61. The van der Waals surface area contributed by atoms with Gasteiger partial charge in [0.1, 0.15) is 6.21 Å². The maximum atomic E-state index is 11.3. The summed E-state index contributed by atoms with van der Waals surface area (Å²) < 4.78 is 17.0. The lowest BCUT2D eigenvalue weighted by molar-refractivity contribution is -0.136. The molecule has 0 spiro atoms. The molecule has 0 fully saturated rings. The molecule has 2 aromatic rings. The molecule has 0 unspecified atom stereocenters. The lowest BCUT2D eigenvalue weighted by Gasteiger charge is -2.00. The highest BCUT2D eigenvalue weighted by atomic mass is 32.1. The van der Waals surface area contributed by atoms with Crippen molar-refractivity contribution in [1.82, 2.24) is 8.75 Å². The van der Waals surface area contributed by atoms with Crippen molar-refractivity contribution < 1.29 is 29.1 Å². The third kappa shape index (κ3) is 10.0. The van der Waals surface area contributed by atoms with E-state index in [9.17, 15) is 14.4 Å². The van der Waals surface area contributed by atoms with Gasteiger partial charge in [0, 0.05) is 10.8 Å². The number of aromatic nitrogens is 2. The molecule has 0 atom stereocenters. The SMILES string of the molecule is CCOC(=O)/C(C=O)=N/Nc1cnsc1.CCOC(=O)C(/C=N/O)=N/Nc1cnsc1. The van der Waals surface area contributed by atoms with Crippen molar-refractivity contribution in [3.63, 3.8) is 0 Å². The maximum absolute atomic E-state index is 11.3. The van der Waals surface area contributed by atoms with E-state index < -0.39 is 11.9 Å². The number of esters is 2. The summed E-state index contributed by atoms with van der Waals surface area (Å²) in [5, 5.41) is 21.8. The molecule has 0 aliphatic heterocycles. The molecular weight excluding hydrogens is 450 g/mol.